The van der Waals surface area contributed by atoms with Crippen molar-refractivity contribution in [1.82, 2.24) is 9.80 Å². The van der Waals surface area contributed by atoms with Crippen molar-refractivity contribution in [3.63, 3.8) is 0 Å². The van der Waals surface area contributed by atoms with Crippen molar-refractivity contribution in [3.05, 3.63) is 34.9 Å². The van der Waals surface area contributed by atoms with Gasteiger partial charge >= 0.3 is 0 Å². The molecule has 0 spiro atoms. The zero-order valence-electron chi connectivity index (χ0n) is 12.4. The van der Waals surface area contributed by atoms with Crippen molar-refractivity contribution >= 4 is 11.6 Å². The van der Waals surface area contributed by atoms with Crippen LogP contribution in [-0.2, 0) is 0 Å². The van der Waals surface area contributed by atoms with Gasteiger partial charge in [0.05, 0.1) is 6.10 Å². The smallest absolute Gasteiger partial charge is 0.0816 e. The molecule has 0 aliphatic carbocycles. The zero-order valence-corrected chi connectivity index (χ0v) is 13.2. The van der Waals surface area contributed by atoms with Crippen molar-refractivity contribution < 1.29 is 5.11 Å². The molecule has 1 saturated heterocycles. The predicted octanol–water partition coefficient (Wildman–Crippen LogP) is 2.79. The number of nitrogens with zero attached hydrogens (tertiary/aromatic N) is 2. The molecular formula is C16H25ClN2O. The zero-order chi connectivity index (χ0) is 14.5. The maximum atomic E-state index is 10.3. The summed E-state index contributed by atoms with van der Waals surface area (Å²) in [4.78, 5) is 4.88. The van der Waals surface area contributed by atoms with Gasteiger partial charge in [-0.3, -0.25) is 0 Å². The Kier molecular flexibility index (Phi) is 5.85. The van der Waals surface area contributed by atoms with Crippen LogP contribution in [0, 0.1) is 0 Å². The third kappa shape index (κ3) is 3.95. The number of hydrogen-bond donors (Lipinski definition) is 1. The minimum absolute atomic E-state index is 0.469. The molecule has 0 bridgehead atoms. The van der Waals surface area contributed by atoms with Gasteiger partial charge < -0.3 is 14.9 Å². The first-order valence-electron chi connectivity index (χ1n) is 7.47. The van der Waals surface area contributed by atoms with Crippen molar-refractivity contribution in [2.45, 2.75) is 31.9 Å². The van der Waals surface area contributed by atoms with Gasteiger partial charge in [-0.25, -0.2) is 0 Å². The van der Waals surface area contributed by atoms with Gasteiger partial charge in [-0.2, -0.15) is 0 Å². The highest BCUT2D eigenvalue weighted by Crippen LogP contribution is 2.25. The van der Waals surface area contributed by atoms with E-state index < -0.39 is 6.10 Å². The highest BCUT2D eigenvalue weighted by molar-refractivity contribution is 6.31. The average Bonchev–Trinajstić information content (AvgIpc) is 2.46. The van der Waals surface area contributed by atoms with E-state index in [4.69, 9.17) is 11.6 Å². The molecule has 20 heavy (non-hydrogen) atoms. The maximum absolute atomic E-state index is 10.3. The van der Waals surface area contributed by atoms with Gasteiger partial charge in [-0.1, -0.05) is 36.7 Å². The number of hydrogen-bond acceptors (Lipinski definition) is 3. The summed E-state index contributed by atoms with van der Waals surface area (Å²) in [7, 11) is 2.20. The van der Waals surface area contributed by atoms with E-state index in [1.807, 2.05) is 24.3 Å². The minimum atomic E-state index is -0.469. The van der Waals surface area contributed by atoms with E-state index in [1.54, 1.807) is 0 Å². The van der Waals surface area contributed by atoms with Gasteiger partial charge in [0, 0.05) is 37.2 Å². The topological polar surface area (TPSA) is 26.7 Å². The number of rotatable bonds is 5. The molecule has 2 rings (SSSR count). The van der Waals surface area contributed by atoms with Crippen LogP contribution in [0.25, 0.3) is 0 Å². The molecule has 2 atom stereocenters. The standard InChI is InChI=1S/C16H25ClN2O/c1-3-13-12-19(11-10-18(13)2)9-8-16(20)14-6-4-5-7-15(14)17/h4-7,13,16,20H,3,8-12H2,1-2H3. The monoisotopic (exact) mass is 296 g/mol. The molecule has 2 unspecified atom stereocenters. The summed E-state index contributed by atoms with van der Waals surface area (Å²) >= 11 is 6.13. The number of benzene rings is 1. The molecule has 0 radical (unpaired) electrons. The van der Waals surface area contributed by atoms with E-state index in [-0.39, 0.29) is 0 Å². The molecule has 1 aromatic rings. The van der Waals surface area contributed by atoms with E-state index in [0.717, 1.165) is 38.2 Å². The summed E-state index contributed by atoms with van der Waals surface area (Å²) in [6.07, 6.45) is 1.45. The first-order chi connectivity index (χ1) is 9.61. The molecule has 112 valence electrons. The van der Waals surface area contributed by atoms with Crippen LogP contribution in [0.3, 0.4) is 0 Å². The molecule has 1 fully saturated rings. The van der Waals surface area contributed by atoms with E-state index >= 15 is 0 Å². The van der Waals surface area contributed by atoms with Gasteiger partial charge in [-0.05, 0) is 31.5 Å². The van der Waals surface area contributed by atoms with Crippen LogP contribution >= 0.6 is 11.6 Å². The number of piperazine rings is 1. The summed E-state index contributed by atoms with van der Waals surface area (Å²) in [5.74, 6) is 0. The Morgan fingerprint density at radius 2 is 2.10 bits per heavy atom. The molecule has 1 aliphatic rings. The lowest BCUT2D eigenvalue weighted by atomic mass is 10.1. The second-order valence-corrected chi connectivity index (χ2v) is 6.08. The molecule has 3 nitrogen and oxygen atoms in total. The predicted molar refractivity (Wildman–Crippen MR) is 84.2 cm³/mol. The van der Waals surface area contributed by atoms with Gasteiger partial charge in [-0.15, -0.1) is 0 Å². The normalized spacial score (nSPS) is 22.9. The summed E-state index contributed by atoms with van der Waals surface area (Å²) in [6, 6.07) is 8.20. The fourth-order valence-electron chi connectivity index (χ4n) is 2.86. The summed E-state index contributed by atoms with van der Waals surface area (Å²) in [5.41, 5.74) is 0.843. The molecule has 0 saturated carbocycles. The molecule has 1 heterocycles. The Hall–Kier alpha value is -0.610. The molecule has 4 heteroatoms. The van der Waals surface area contributed by atoms with E-state index in [2.05, 4.69) is 23.8 Å². The van der Waals surface area contributed by atoms with Gasteiger partial charge in [0.15, 0.2) is 0 Å². The third-order valence-corrected chi connectivity index (χ3v) is 4.66. The number of likely N-dealkylation sites (N-methyl/N-ethyl adjacent to an activating group) is 1. The Labute approximate surface area is 127 Å². The molecule has 1 aromatic carbocycles. The molecule has 0 amide bonds. The summed E-state index contributed by atoms with van der Waals surface area (Å²) in [5, 5.41) is 10.9. The lowest BCUT2D eigenvalue weighted by Crippen LogP contribution is -2.51. The maximum Gasteiger partial charge on any atom is 0.0816 e. The molecule has 1 aliphatic heterocycles. The fraction of sp³-hybridized carbons (Fsp3) is 0.625. The van der Waals surface area contributed by atoms with Crippen LogP contribution in [0.15, 0.2) is 24.3 Å². The van der Waals surface area contributed by atoms with E-state index in [0.29, 0.717) is 11.1 Å². The number of halogens is 1. The third-order valence-electron chi connectivity index (χ3n) is 4.32. The highest BCUT2D eigenvalue weighted by atomic mass is 35.5. The lowest BCUT2D eigenvalue weighted by Gasteiger charge is -2.39. The number of aliphatic hydroxyl groups excluding tert-OH is 1. The molecular weight excluding hydrogens is 272 g/mol. The van der Waals surface area contributed by atoms with Gasteiger partial charge in [0.25, 0.3) is 0 Å². The van der Waals surface area contributed by atoms with Crippen molar-refractivity contribution in [2.75, 3.05) is 33.2 Å². The van der Waals surface area contributed by atoms with Crippen LogP contribution in [0.4, 0.5) is 0 Å². The molecule has 1 N–H and O–H groups in total. The average molecular weight is 297 g/mol. The van der Waals surface area contributed by atoms with E-state index in [9.17, 15) is 5.11 Å². The molecule has 0 aromatic heterocycles. The van der Waals surface area contributed by atoms with Crippen molar-refractivity contribution in [3.8, 4) is 0 Å². The first kappa shape index (κ1) is 15.8. The van der Waals surface area contributed by atoms with Crippen molar-refractivity contribution in [1.29, 1.82) is 0 Å². The Balaban J connectivity index is 1.85. The van der Waals surface area contributed by atoms with Crippen LogP contribution in [0.1, 0.15) is 31.4 Å². The lowest BCUT2D eigenvalue weighted by molar-refractivity contribution is 0.0755. The largest absolute Gasteiger partial charge is 0.388 e. The van der Waals surface area contributed by atoms with Crippen LogP contribution in [0.2, 0.25) is 5.02 Å². The van der Waals surface area contributed by atoms with E-state index in [1.165, 1.54) is 6.42 Å². The highest BCUT2D eigenvalue weighted by Gasteiger charge is 2.23. The van der Waals surface area contributed by atoms with Gasteiger partial charge in [0.1, 0.15) is 0 Å². The second kappa shape index (κ2) is 7.41. The summed E-state index contributed by atoms with van der Waals surface area (Å²) in [6.45, 7) is 6.46. The Morgan fingerprint density at radius 3 is 2.80 bits per heavy atom. The fourth-order valence-corrected chi connectivity index (χ4v) is 3.12. The van der Waals surface area contributed by atoms with Crippen molar-refractivity contribution in [2.24, 2.45) is 0 Å². The van der Waals surface area contributed by atoms with Crippen LogP contribution in [-0.4, -0.2) is 54.2 Å². The minimum Gasteiger partial charge on any atom is -0.388 e. The Morgan fingerprint density at radius 1 is 1.35 bits per heavy atom. The Bertz CT molecular complexity index is 427. The van der Waals surface area contributed by atoms with Crippen LogP contribution < -0.4 is 0 Å². The first-order valence-corrected chi connectivity index (χ1v) is 7.84. The van der Waals surface area contributed by atoms with Gasteiger partial charge in [0.2, 0.25) is 0 Å². The van der Waals surface area contributed by atoms with Crippen LogP contribution in [0.5, 0.6) is 0 Å². The number of aliphatic hydroxyl groups is 1. The SMILES string of the molecule is CCC1CN(CCC(O)c2ccccc2Cl)CCN1C. The second-order valence-electron chi connectivity index (χ2n) is 5.67. The summed E-state index contributed by atoms with van der Waals surface area (Å²) < 4.78 is 0. The quantitative estimate of drug-likeness (QED) is 0.905.